The zero-order valence-corrected chi connectivity index (χ0v) is 17.0. The van der Waals surface area contributed by atoms with Gasteiger partial charge in [-0.05, 0) is 25.9 Å². The highest BCUT2D eigenvalue weighted by atomic mass is 35.5. The van der Waals surface area contributed by atoms with E-state index in [1.807, 2.05) is 60.7 Å². The largest absolute Gasteiger partial charge is 0.367 e. The van der Waals surface area contributed by atoms with Gasteiger partial charge >= 0.3 is 0 Å². The van der Waals surface area contributed by atoms with Gasteiger partial charge in [-0.2, -0.15) is 0 Å². The molecule has 3 aromatic rings. The van der Waals surface area contributed by atoms with Crippen molar-refractivity contribution in [3.63, 3.8) is 0 Å². The molecule has 0 unspecified atom stereocenters. The van der Waals surface area contributed by atoms with Crippen LogP contribution < -0.4 is 5.32 Å². The number of aromatic nitrogens is 2. The number of halogens is 1. The molecular formula is C23H24ClN5. The van der Waals surface area contributed by atoms with Crippen LogP contribution in [-0.4, -0.2) is 47.0 Å². The summed E-state index contributed by atoms with van der Waals surface area (Å²) in [6, 6.07) is 19.3. The van der Waals surface area contributed by atoms with Crippen LogP contribution in [0.15, 0.2) is 60.7 Å². The molecule has 0 amide bonds. The lowest BCUT2D eigenvalue weighted by Gasteiger charge is -2.18. The lowest BCUT2D eigenvalue weighted by atomic mass is 10.0. The molecule has 1 aliphatic rings. The number of hydrogen-bond acceptors (Lipinski definition) is 5. The second-order valence-electron chi connectivity index (χ2n) is 7.17. The number of nitrogens with one attached hydrogen (secondary N) is 2. The Labute approximate surface area is 176 Å². The van der Waals surface area contributed by atoms with Gasteiger partial charge in [0, 0.05) is 24.2 Å². The number of anilines is 1. The average molecular weight is 406 g/mol. The normalized spacial score (nSPS) is 14.1. The van der Waals surface area contributed by atoms with E-state index in [0.29, 0.717) is 27.8 Å². The van der Waals surface area contributed by atoms with Crippen molar-refractivity contribution in [1.82, 2.24) is 15.1 Å². The van der Waals surface area contributed by atoms with E-state index in [1.54, 1.807) is 0 Å². The maximum absolute atomic E-state index is 8.81. The molecule has 6 heteroatoms. The van der Waals surface area contributed by atoms with E-state index in [9.17, 15) is 0 Å². The summed E-state index contributed by atoms with van der Waals surface area (Å²) in [4.78, 5) is 2.43. The summed E-state index contributed by atoms with van der Waals surface area (Å²) in [7, 11) is 0. The zero-order chi connectivity index (χ0) is 20.1. The Morgan fingerprint density at radius 1 is 0.966 bits per heavy atom. The van der Waals surface area contributed by atoms with Gasteiger partial charge in [0.1, 0.15) is 5.69 Å². The predicted molar refractivity (Wildman–Crippen MR) is 119 cm³/mol. The topological polar surface area (TPSA) is 64.9 Å². The molecule has 1 aromatic heterocycles. The molecule has 2 N–H and O–H groups in total. The van der Waals surface area contributed by atoms with Crippen molar-refractivity contribution < 1.29 is 0 Å². The Morgan fingerprint density at radius 3 is 2.31 bits per heavy atom. The number of benzene rings is 2. The van der Waals surface area contributed by atoms with Crippen LogP contribution in [0.2, 0.25) is 5.02 Å². The van der Waals surface area contributed by atoms with Crippen LogP contribution in [0.1, 0.15) is 24.0 Å². The summed E-state index contributed by atoms with van der Waals surface area (Å²) in [6.07, 6.45) is 2.53. The molecule has 0 aliphatic carbocycles. The van der Waals surface area contributed by atoms with Gasteiger partial charge < -0.3 is 10.2 Å². The molecule has 0 spiro atoms. The maximum atomic E-state index is 8.81. The molecule has 1 aliphatic heterocycles. The summed E-state index contributed by atoms with van der Waals surface area (Å²) in [6.45, 7) is 3.98. The Hall–Kier alpha value is -2.76. The highest BCUT2D eigenvalue weighted by molar-refractivity contribution is 6.38. The van der Waals surface area contributed by atoms with Crippen LogP contribution in [0.3, 0.4) is 0 Å². The van der Waals surface area contributed by atoms with Crippen molar-refractivity contribution in [3.8, 4) is 11.3 Å². The highest BCUT2D eigenvalue weighted by Crippen LogP contribution is 2.33. The van der Waals surface area contributed by atoms with Gasteiger partial charge in [0.25, 0.3) is 0 Å². The van der Waals surface area contributed by atoms with E-state index < -0.39 is 0 Å². The molecule has 1 saturated heterocycles. The SMILES string of the molecule is N=C(c1ccccc1)c1c(NCCN2CCCC2)nnc(-c2ccccc2)c1Cl. The minimum Gasteiger partial charge on any atom is -0.367 e. The lowest BCUT2D eigenvalue weighted by molar-refractivity contribution is 0.352. The molecule has 5 nitrogen and oxygen atoms in total. The third-order valence-corrected chi connectivity index (χ3v) is 5.56. The van der Waals surface area contributed by atoms with E-state index in [-0.39, 0.29) is 0 Å². The first-order valence-electron chi connectivity index (χ1n) is 9.96. The molecule has 29 heavy (non-hydrogen) atoms. The second kappa shape index (κ2) is 9.16. The Bertz CT molecular complexity index is 969. The summed E-state index contributed by atoms with van der Waals surface area (Å²) >= 11 is 6.81. The Kier molecular flexibility index (Phi) is 6.17. The van der Waals surface area contributed by atoms with Crippen molar-refractivity contribution >= 4 is 23.1 Å². The fraction of sp³-hybridized carbons (Fsp3) is 0.261. The maximum Gasteiger partial charge on any atom is 0.159 e. The molecule has 0 radical (unpaired) electrons. The smallest absolute Gasteiger partial charge is 0.159 e. The van der Waals surface area contributed by atoms with E-state index in [1.165, 1.54) is 12.8 Å². The molecular weight excluding hydrogens is 382 g/mol. The predicted octanol–water partition coefficient (Wildman–Crippen LogP) is 4.72. The average Bonchev–Trinajstić information content (AvgIpc) is 3.28. The van der Waals surface area contributed by atoms with Crippen LogP contribution in [0.4, 0.5) is 5.82 Å². The molecule has 2 heterocycles. The number of nitrogens with zero attached hydrogens (tertiary/aromatic N) is 3. The number of rotatable bonds is 7. The molecule has 0 saturated carbocycles. The van der Waals surface area contributed by atoms with Gasteiger partial charge in [-0.15, -0.1) is 10.2 Å². The fourth-order valence-corrected chi connectivity index (χ4v) is 3.97. The van der Waals surface area contributed by atoms with Crippen molar-refractivity contribution in [1.29, 1.82) is 5.41 Å². The zero-order valence-electron chi connectivity index (χ0n) is 16.2. The standard InChI is InChI=1S/C23H24ClN5/c24-20-19(21(25)17-9-3-1-4-10-17)23(26-13-16-29-14-7-8-15-29)28-27-22(20)18-11-5-2-6-12-18/h1-6,9-12,25H,7-8,13-16H2,(H,26,28). The minimum absolute atomic E-state index is 0.339. The van der Waals surface area contributed by atoms with Gasteiger partial charge in [-0.3, -0.25) is 5.41 Å². The molecule has 4 rings (SSSR count). The van der Waals surface area contributed by atoms with Gasteiger partial charge in [-0.25, -0.2) is 0 Å². The van der Waals surface area contributed by atoms with Crippen molar-refractivity contribution in [2.75, 3.05) is 31.5 Å². The molecule has 1 fully saturated rings. The first-order valence-corrected chi connectivity index (χ1v) is 10.3. The molecule has 2 aromatic carbocycles. The highest BCUT2D eigenvalue weighted by Gasteiger charge is 2.21. The van der Waals surface area contributed by atoms with Gasteiger partial charge in [0.05, 0.1) is 16.3 Å². The van der Waals surface area contributed by atoms with Crippen LogP contribution in [0, 0.1) is 5.41 Å². The summed E-state index contributed by atoms with van der Waals surface area (Å²) in [5.41, 5.74) is 3.20. The van der Waals surface area contributed by atoms with Crippen LogP contribution >= 0.6 is 11.6 Å². The first kappa shape index (κ1) is 19.6. The third-order valence-electron chi connectivity index (χ3n) is 5.19. The molecule has 0 atom stereocenters. The third kappa shape index (κ3) is 4.47. The molecule has 0 bridgehead atoms. The summed E-state index contributed by atoms with van der Waals surface area (Å²) in [5.74, 6) is 0.558. The molecule has 148 valence electrons. The Balaban J connectivity index is 1.67. The summed E-state index contributed by atoms with van der Waals surface area (Å²) in [5, 5.41) is 21.4. The van der Waals surface area contributed by atoms with Gasteiger partial charge in [-0.1, -0.05) is 72.3 Å². The van der Waals surface area contributed by atoms with Crippen molar-refractivity contribution in [3.05, 3.63) is 76.8 Å². The second-order valence-corrected chi connectivity index (χ2v) is 7.55. The van der Waals surface area contributed by atoms with Crippen molar-refractivity contribution in [2.45, 2.75) is 12.8 Å². The van der Waals surface area contributed by atoms with E-state index >= 15 is 0 Å². The van der Waals surface area contributed by atoms with E-state index in [4.69, 9.17) is 17.0 Å². The van der Waals surface area contributed by atoms with Gasteiger partial charge in [0.15, 0.2) is 5.82 Å². The van der Waals surface area contributed by atoms with Crippen molar-refractivity contribution in [2.24, 2.45) is 0 Å². The quantitative estimate of drug-likeness (QED) is 0.558. The minimum atomic E-state index is 0.339. The summed E-state index contributed by atoms with van der Waals surface area (Å²) < 4.78 is 0. The first-order chi connectivity index (χ1) is 14.2. The van der Waals surface area contributed by atoms with Gasteiger partial charge in [0.2, 0.25) is 0 Å². The number of hydrogen-bond donors (Lipinski definition) is 2. The number of likely N-dealkylation sites (tertiary alicyclic amines) is 1. The van der Waals surface area contributed by atoms with Crippen LogP contribution in [0.5, 0.6) is 0 Å². The van der Waals surface area contributed by atoms with Crippen LogP contribution in [-0.2, 0) is 0 Å². The van der Waals surface area contributed by atoms with E-state index in [0.717, 1.165) is 37.3 Å². The lowest BCUT2D eigenvalue weighted by Crippen LogP contribution is -2.27. The Morgan fingerprint density at radius 2 is 1.62 bits per heavy atom. The van der Waals surface area contributed by atoms with Crippen LogP contribution in [0.25, 0.3) is 11.3 Å². The monoisotopic (exact) mass is 405 g/mol. The van der Waals surface area contributed by atoms with E-state index in [2.05, 4.69) is 20.4 Å². The fourth-order valence-electron chi connectivity index (χ4n) is 3.64.